The minimum Gasteiger partial charge on any atom is -0.497 e. The van der Waals surface area contributed by atoms with E-state index in [0.29, 0.717) is 29.6 Å². The molecule has 1 atom stereocenters. The molecule has 1 aliphatic rings. The van der Waals surface area contributed by atoms with Crippen molar-refractivity contribution >= 4 is 5.91 Å². The molecule has 3 rings (SSSR count). The van der Waals surface area contributed by atoms with Crippen molar-refractivity contribution in [1.82, 2.24) is 15.5 Å². The topological polar surface area (TPSA) is 76.2 Å². The van der Waals surface area contributed by atoms with Crippen LogP contribution in [0.15, 0.2) is 24.4 Å². The maximum atomic E-state index is 12.8. The summed E-state index contributed by atoms with van der Waals surface area (Å²) in [5.74, 6) is 1.69. The van der Waals surface area contributed by atoms with Crippen LogP contribution < -0.4 is 14.8 Å². The Balaban J connectivity index is 1.69. The van der Waals surface area contributed by atoms with Crippen LogP contribution >= 0.6 is 0 Å². The molecule has 0 spiro atoms. The molecule has 6 nitrogen and oxygen atoms in total. The highest BCUT2D eigenvalue weighted by molar-refractivity contribution is 5.97. The van der Waals surface area contributed by atoms with Crippen LogP contribution in [0.1, 0.15) is 48.3 Å². The second-order valence-corrected chi connectivity index (χ2v) is 7.18. The van der Waals surface area contributed by atoms with Gasteiger partial charge in [0.1, 0.15) is 11.5 Å². The van der Waals surface area contributed by atoms with Gasteiger partial charge >= 0.3 is 0 Å². The molecule has 1 aromatic carbocycles. The van der Waals surface area contributed by atoms with E-state index in [2.05, 4.69) is 29.4 Å². The van der Waals surface area contributed by atoms with Crippen molar-refractivity contribution < 1.29 is 14.3 Å². The number of hydrogen-bond donors (Lipinski definition) is 2. The summed E-state index contributed by atoms with van der Waals surface area (Å²) in [7, 11) is 1.61. The molecule has 140 valence electrons. The second kappa shape index (κ2) is 8.25. The summed E-state index contributed by atoms with van der Waals surface area (Å²) in [4.78, 5) is 12.8. The van der Waals surface area contributed by atoms with E-state index >= 15 is 0 Å². The summed E-state index contributed by atoms with van der Waals surface area (Å²) in [5, 5.41) is 10.2. The lowest BCUT2D eigenvalue weighted by Gasteiger charge is -2.23. The first-order valence-electron chi connectivity index (χ1n) is 9.19. The Labute approximate surface area is 154 Å². The smallest absolute Gasteiger partial charge is 0.255 e. The molecule has 0 saturated carbocycles. The van der Waals surface area contributed by atoms with Gasteiger partial charge in [-0.3, -0.25) is 9.89 Å². The minimum atomic E-state index is -0.107. The van der Waals surface area contributed by atoms with Crippen LogP contribution in [0.25, 0.3) is 0 Å². The van der Waals surface area contributed by atoms with Crippen molar-refractivity contribution in [2.24, 2.45) is 5.92 Å². The third kappa shape index (κ3) is 4.36. The van der Waals surface area contributed by atoms with Gasteiger partial charge in [0.15, 0.2) is 0 Å². The lowest BCUT2D eigenvalue weighted by Crippen LogP contribution is -2.38. The zero-order chi connectivity index (χ0) is 18.5. The number of carbonyl (C=O) groups is 1. The molecule has 0 radical (unpaired) electrons. The first-order valence-corrected chi connectivity index (χ1v) is 9.19. The van der Waals surface area contributed by atoms with Crippen molar-refractivity contribution in [1.29, 1.82) is 0 Å². The van der Waals surface area contributed by atoms with Crippen LogP contribution in [-0.4, -0.2) is 35.9 Å². The normalized spacial score (nSPS) is 16.2. The lowest BCUT2D eigenvalue weighted by molar-refractivity contribution is 0.0929. The van der Waals surface area contributed by atoms with Gasteiger partial charge in [0.05, 0.1) is 25.5 Å². The molecule has 1 amide bonds. The maximum Gasteiger partial charge on any atom is 0.255 e. The Morgan fingerprint density at radius 3 is 3.04 bits per heavy atom. The summed E-state index contributed by atoms with van der Waals surface area (Å²) in [6, 6.07) is 5.45. The van der Waals surface area contributed by atoms with E-state index in [1.165, 1.54) is 11.3 Å². The van der Waals surface area contributed by atoms with Gasteiger partial charge in [-0.25, -0.2) is 0 Å². The Morgan fingerprint density at radius 1 is 1.42 bits per heavy atom. The molecule has 1 aliphatic carbocycles. The highest BCUT2D eigenvalue weighted by atomic mass is 16.5. The van der Waals surface area contributed by atoms with Crippen LogP contribution in [-0.2, 0) is 12.8 Å². The standard InChI is InChI=1S/C20H27N3O3/c1-13(2)8-9-26-19-11-16(25-3)5-6-17(19)20(24)22-15-4-7-18-14(10-15)12-21-23-18/h5-6,11-13,15H,4,7-10H2,1-3H3,(H,21,23)(H,22,24)/t15-/m0/s1. The van der Waals surface area contributed by atoms with Crippen LogP contribution in [0, 0.1) is 5.92 Å². The molecule has 6 heteroatoms. The van der Waals surface area contributed by atoms with E-state index < -0.39 is 0 Å². The number of carbonyl (C=O) groups excluding carboxylic acids is 1. The van der Waals surface area contributed by atoms with E-state index in [1.54, 1.807) is 25.3 Å². The van der Waals surface area contributed by atoms with Crippen LogP contribution in [0.2, 0.25) is 0 Å². The van der Waals surface area contributed by atoms with Gasteiger partial charge in [-0.05, 0) is 49.3 Å². The number of fused-ring (bicyclic) bond motifs is 1. The van der Waals surface area contributed by atoms with E-state index in [9.17, 15) is 4.79 Å². The number of aromatic nitrogens is 2. The quantitative estimate of drug-likeness (QED) is 0.798. The molecule has 2 N–H and O–H groups in total. The zero-order valence-corrected chi connectivity index (χ0v) is 15.7. The molecule has 26 heavy (non-hydrogen) atoms. The number of amides is 1. The summed E-state index contributed by atoms with van der Waals surface area (Å²) < 4.78 is 11.2. The van der Waals surface area contributed by atoms with Gasteiger partial charge in [0.25, 0.3) is 5.91 Å². The minimum absolute atomic E-state index is 0.107. The second-order valence-electron chi connectivity index (χ2n) is 7.18. The molecule has 1 aromatic heterocycles. The predicted molar refractivity (Wildman–Crippen MR) is 99.8 cm³/mol. The highest BCUT2D eigenvalue weighted by Gasteiger charge is 2.23. The monoisotopic (exact) mass is 357 g/mol. The van der Waals surface area contributed by atoms with Crippen molar-refractivity contribution in [3.63, 3.8) is 0 Å². The van der Waals surface area contributed by atoms with E-state index in [0.717, 1.165) is 25.7 Å². The third-order valence-electron chi connectivity index (χ3n) is 4.74. The van der Waals surface area contributed by atoms with Gasteiger partial charge in [-0.15, -0.1) is 0 Å². The van der Waals surface area contributed by atoms with Crippen LogP contribution in [0.4, 0.5) is 0 Å². The number of H-pyrrole nitrogens is 1. The molecule has 0 saturated heterocycles. The van der Waals surface area contributed by atoms with Crippen LogP contribution in [0.5, 0.6) is 11.5 Å². The largest absolute Gasteiger partial charge is 0.497 e. The molecule has 1 heterocycles. The maximum absolute atomic E-state index is 12.8. The first-order chi connectivity index (χ1) is 12.6. The van der Waals surface area contributed by atoms with Gasteiger partial charge in [-0.2, -0.15) is 5.10 Å². The Bertz CT molecular complexity index is 755. The third-order valence-corrected chi connectivity index (χ3v) is 4.74. The fourth-order valence-electron chi connectivity index (χ4n) is 3.14. The van der Waals surface area contributed by atoms with Crippen molar-refractivity contribution in [3.05, 3.63) is 41.2 Å². The van der Waals surface area contributed by atoms with E-state index in [-0.39, 0.29) is 11.9 Å². The number of aryl methyl sites for hydroxylation is 1. The molecule has 2 aromatic rings. The van der Waals surface area contributed by atoms with Crippen LogP contribution in [0.3, 0.4) is 0 Å². The average molecular weight is 357 g/mol. The van der Waals surface area contributed by atoms with Gasteiger partial charge in [0.2, 0.25) is 0 Å². The summed E-state index contributed by atoms with van der Waals surface area (Å²) in [5.41, 5.74) is 2.91. The number of hydrogen-bond acceptors (Lipinski definition) is 4. The van der Waals surface area contributed by atoms with E-state index in [4.69, 9.17) is 9.47 Å². The fraction of sp³-hybridized carbons (Fsp3) is 0.500. The molecule has 0 bridgehead atoms. The van der Waals surface area contributed by atoms with Crippen molar-refractivity contribution in [3.8, 4) is 11.5 Å². The van der Waals surface area contributed by atoms with Gasteiger partial charge in [-0.1, -0.05) is 13.8 Å². The molecule has 0 unspecified atom stereocenters. The Kier molecular flexibility index (Phi) is 5.81. The van der Waals surface area contributed by atoms with E-state index in [1.807, 2.05) is 6.20 Å². The number of methoxy groups -OCH3 is 1. The fourth-order valence-corrected chi connectivity index (χ4v) is 3.14. The number of nitrogens with zero attached hydrogens (tertiary/aromatic N) is 1. The van der Waals surface area contributed by atoms with Crippen molar-refractivity contribution in [2.45, 2.75) is 45.6 Å². The number of benzene rings is 1. The summed E-state index contributed by atoms with van der Waals surface area (Å²) in [6.07, 6.45) is 5.39. The Morgan fingerprint density at radius 2 is 2.27 bits per heavy atom. The number of nitrogens with one attached hydrogen (secondary N) is 2. The zero-order valence-electron chi connectivity index (χ0n) is 15.7. The lowest BCUT2D eigenvalue weighted by atomic mass is 9.93. The Hall–Kier alpha value is -2.50. The van der Waals surface area contributed by atoms with Gasteiger partial charge < -0.3 is 14.8 Å². The predicted octanol–water partition coefficient (Wildman–Crippen LogP) is 3.13. The number of rotatable bonds is 7. The molecular weight excluding hydrogens is 330 g/mol. The number of aromatic amines is 1. The summed E-state index contributed by atoms with van der Waals surface area (Å²) >= 11 is 0. The molecule has 0 aliphatic heterocycles. The first kappa shape index (κ1) is 18.3. The highest BCUT2D eigenvalue weighted by Crippen LogP contribution is 2.26. The van der Waals surface area contributed by atoms with Gasteiger partial charge in [0, 0.05) is 17.8 Å². The number of ether oxygens (including phenoxy) is 2. The SMILES string of the molecule is COc1ccc(C(=O)N[C@H]2CCc3[nH]ncc3C2)c(OCCC(C)C)c1. The van der Waals surface area contributed by atoms with Crippen molar-refractivity contribution in [2.75, 3.05) is 13.7 Å². The summed E-state index contributed by atoms with van der Waals surface area (Å²) in [6.45, 7) is 4.87. The molecule has 0 fully saturated rings. The average Bonchev–Trinajstić information content (AvgIpc) is 3.09. The molecular formula is C20H27N3O3.